The van der Waals surface area contributed by atoms with Crippen LogP contribution in [-0.2, 0) is 26.0 Å². The highest BCUT2D eigenvalue weighted by Crippen LogP contribution is 2.29. The number of rotatable bonds is 6. The molecule has 0 aromatic heterocycles. The molecule has 2 aromatic carbocycles. The van der Waals surface area contributed by atoms with E-state index in [9.17, 15) is 18.0 Å². The topological polar surface area (TPSA) is 86.8 Å². The van der Waals surface area contributed by atoms with Crippen molar-refractivity contribution in [2.45, 2.75) is 42.7 Å². The van der Waals surface area contributed by atoms with Gasteiger partial charge in [-0.15, -0.1) is 0 Å². The first-order valence-electron chi connectivity index (χ1n) is 10.6. The van der Waals surface area contributed by atoms with Gasteiger partial charge in [-0.25, -0.2) is 8.42 Å². The number of halogens is 2. The molecule has 0 spiro atoms. The Balaban J connectivity index is 1.55. The van der Waals surface area contributed by atoms with Crippen LogP contribution in [0.3, 0.4) is 0 Å². The van der Waals surface area contributed by atoms with E-state index >= 15 is 0 Å². The van der Waals surface area contributed by atoms with Gasteiger partial charge in [0.25, 0.3) is 10.0 Å². The van der Waals surface area contributed by atoms with E-state index in [-0.39, 0.29) is 33.3 Å². The number of nitrogens with one attached hydrogen (secondary N) is 1. The van der Waals surface area contributed by atoms with E-state index in [0.29, 0.717) is 13.0 Å². The summed E-state index contributed by atoms with van der Waals surface area (Å²) in [6, 6.07) is 12.6. The van der Waals surface area contributed by atoms with Crippen molar-refractivity contribution in [3.05, 3.63) is 76.5 Å². The van der Waals surface area contributed by atoms with E-state index in [2.05, 4.69) is 5.32 Å². The van der Waals surface area contributed by atoms with Crippen LogP contribution < -0.4 is 5.32 Å². The van der Waals surface area contributed by atoms with Crippen LogP contribution in [-0.4, -0.2) is 48.1 Å². The number of likely N-dealkylation sites (tertiary alicyclic amines) is 1. The molecule has 2 aliphatic heterocycles. The molecular formula is C23H23Cl2N3O4S. The van der Waals surface area contributed by atoms with Crippen LogP contribution in [0.25, 0.3) is 0 Å². The maximum atomic E-state index is 13.3. The molecule has 0 unspecified atom stereocenters. The molecule has 0 radical (unpaired) electrons. The Kier molecular flexibility index (Phi) is 6.97. The molecule has 0 bridgehead atoms. The summed E-state index contributed by atoms with van der Waals surface area (Å²) < 4.78 is 27.5. The lowest BCUT2D eigenvalue weighted by Crippen LogP contribution is -2.51. The van der Waals surface area contributed by atoms with Crippen LogP contribution in [0.4, 0.5) is 0 Å². The standard InChI is InChI=1S/C23H23Cl2N3O4S/c24-19-9-8-18(14-20(19)25)33(31,32)28-12-10-26-23(30)21(28)15-22(29)27-11-4-7-17(27)13-16-5-2-1-3-6-16/h1-3,5-6,8-10,12,14,17,21H,4,7,11,13,15H2,(H,26,30)/t17-,21+/m0/s1. The number of hydrogen-bond acceptors (Lipinski definition) is 4. The first-order chi connectivity index (χ1) is 15.8. The van der Waals surface area contributed by atoms with Crippen molar-refractivity contribution in [1.82, 2.24) is 14.5 Å². The molecule has 7 nitrogen and oxygen atoms in total. The van der Waals surface area contributed by atoms with E-state index in [0.717, 1.165) is 22.7 Å². The number of carbonyl (C=O) groups excluding carboxylic acids is 2. The zero-order chi connectivity index (χ0) is 23.6. The SMILES string of the molecule is O=C1NC=CN(S(=O)(=O)c2ccc(Cl)c(Cl)c2)[C@@H]1CC(=O)N1CCC[C@H]1Cc1ccccc1. The number of hydrogen-bond donors (Lipinski definition) is 1. The van der Waals surface area contributed by atoms with E-state index in [1.54, 1.807) is 4.90 Å². The third kappa shape index (κ3) is 5.03. The third-order valence-corrected chi connectivity index (χ3v) is 8.42. The lowest BCUT2D eigenvalue weighted by molar-refractivity contribution is -0.136. The Bertz CT molecular complexity index is 1190. The molecule has 174 valence electrons. The molecule has 2 amide bonds. The summed E-state index contributed by atoms with van der Waals surface area (Å²) in [5.41, 5.74) is 1.13. The Labute approximate surface area is 203 Å². The van der Waals surface area contributed by atoms with Gasteiger partial charge in [-0.3, -0.25) is 13.9 Å². The summed E-state index contributed by atoms with van der Waals surface area (Å²) >= 11 is 11.9. The number of carbonyl (C=O) groups is 2. The fraction of sp³-hybridized carbons (Fsp3) is 0.304. The van der Waals surface area contributed by atoms with Crippen molar-refractivity contribution in [3.63, 3.8) is 0 Å². The van der Waals surface area contributed by atoms with E-state index in [4.69, 9.17) is 23.2 Å². The first-order valence-corrected chi connectivity index (χ1v) is 12.8. The Morgan fingerprint density at radius 2 is 1.85 bits per heavy atom. The summed E-state index contributed by atoms with van der Waals surface area (Å²) in [7, 11) is -4.14. The van der Waals surface area contributed by atoms with Gasteiger partial charge in [0, 0.05) is 25.0 Å². The van der Waals surface area contributed by atoms with Crippen molar-refractivity contribution in [3.8, 4) is 0 Å². The van der Waals surface area contributed by atoms with Crippen LogP contribution in [0.5, 0.6) is 0 Å². The zero-order valence-electron chi connectivity index (χ0n) is 17.7. The quantitative estimate of drug-likeness (QED) is 0.647. The van der Waals surface area contributed by atoms with Crippen molar-refractivity contribution in [2.75, 3.05) is 6.54 Å². The fourth-order valence-electron chi connectivity index (χ4n) is 4.24. The summed E-state index contributed by atoms with van der Waals surface area (Å²) in [6.45, 7) is 0.583. The second kappa shape index (κ2) is 9.75. The summed E-state index contributed by atoms with van der Waals surface area (Å²) in [5.74, 6) is -0.813. The molecule has 10 heteroatoms. The molecule has 1 fully saturated rings. The monoisotopic (exact) mass is 507 g/mol. The minimum atomic E-state index is -4.14. The molecule has 2 atom stereocenters. The second-order valence-corrected chi connectivity index (χ2v) is 10.7. The molecule has 2 heterocycles. The molecular weight excluding hydrogens is 485 g/mol. The lowest BCUT2D eigenvalue weighted by atomic mass is 10.0. The predicted molar refractivity (Wildman–Crippen MR) is 126 cm³/mol. The molecule has 0 saturated carbocycles. The van der Waals surface area contributed by atoms with E-state index in [1.807, 2.05) is 30.3 Å². The van der Waals surface area contributed by atoms with Crippen LogP contribution in [0, 0.1) is 0 Å². The number of benzene rings is 2. The highest BCUT2D eigenvalue weighted by atomic mass is 35.5. The van der Waals surface area contributed by atoms with Gasteiger partial charge in [0.2, 0.25) is 11.8 Å². The summed E-state index contributed by atoms with van der Waals surface area (Å²) in [5, 5.41) is 2.81. The second-order valence-electron chi connectivity index (χ2n) is 8.03. The highest BCUT2D eigenvalue weighted by Gasteiger charge is 2.39. The molecule has 2 aliphatic rings. The van der Waals surface area contributed by atoms with Crippen LogP contribution in [0.15, 0.2) is 65.8 Å². The molecule has 2 aromatic rings. The van der Waals surface area contributed by atoms with Gasteiger partial charge in [-0.1, -0.05) is 53.5 Å². The molecule has 1 N–H and O–H groups in total. The van der Waals surface area contributed by atoms with Gasteiger partial charge in [0.05, 0.1) is 21.4 Å². The van der Waals surface area contributed by atoms with Crippen LogP contribution in [0.2, 0.25) is 10.0 Å². The average Bonchev–Trinajstić information content (AvgIpc) is 3.25. The number of amides is 2. The maximum absolute atomic E-state index is 13.3. The van der Waals surface area contributed by atoms with Gasteiger partial charge < -0.3 is 10.2 Å². The molecule has 1 saturated heterocycles. The van der Waals surface area contributed by atoms with Gasteiger partial charge >= 0.3 is 0 Å². The minimum absolute atomic E-state index is 0.0159. The number of sulfonamides is 1. The summed E-state index contributed by atoms with van der Waals surface area (Å²) in [6.07, 6.45) is 4.68. The molecule has 4 rings (SSSR count). The fourth-order valence-corrected chi connectivity index (χ4v) is 6.08. The highest BCUT2D eigenvalue weighted by molar-refractivity contribution is 7.89. The molecule has 0 aliphatic carbocycles. The smallest absolute Gasteiger partial charge is 0.264 e. The van der Waals surface area contributed by atoms with Gasteiger partial charge in [0.15, 0.2) is 0 Å². The van der Waals surface area contributed by atoms with Crippen LogP contribution >= 0.6 is 23.2 Å². The predicted octanol–water partition coefficient (Wildman–Crippen LogP) is 3.58. The zero-order valence-corrected chi connectivity index (χ0v) is 20.0. The Hall–Kier alpha value is -2.55. The van der Waals surface area contributed by atoms with Crippen molar-refractivity contribution in [2.24, 2.45) is 0 Å². The third-order valence-electron chi connectivity index (χ3n) is 5.90. The minimum Gasteiger partial charge on any atom is -0.339 e. The van der Waals surface area contributed by atoms with Gasteiger partial charge in [-0.2, -0.15) is 0 Å². The van der Waals surface area contributed by atoms with Gasteiger partial charge in [0.1, 0.15) is 6.04 Å². The van der Waals surface area contributed by atoms with Gasteiger partial charge in [-0.05, 0) is 43.0 Å². The largest absolute Gasteiger partial charge is 0.339 e. The number of nitrogens with zero attached hydrogens (tertiary/aromatic N) is 2. The average molecular weight is 508 g/mol. The van der Waals surface area contributed by atoms with Crippen molar-refractivity contribution >= 4 is 45.0 Å². The Morgan fingerprint density at radius 1 is 1.09 bits per heavy atom. The van der Waals surface area contributed by atoms with E-state index < -0.39 is 22.0 Å². The van der Waals surface area contributed by atoms with Crippen molar-refractivity contribution in [1.29, 1.82) is 0 Å². The normalized spacial score (nSPS) is 20.7. The maximum Gasteiger partial charge on any atom is 0.264 e. The van der Waals surface area contributed by atoms with E-state index in [1.165, 1.54) is 30.6 Å². The lowest BCUT2D eigenvalue weighted by Gasteiger charge is -2.33. The summed E-state index contributed by atoms with van der Waals surface area (Å²) in [4.78, 5) is 27.5. The van der Waals surface area contributed by atoms with Crippen molar-refractivity contribution < 1.29 is 18.0 Å². The molecule has 33 heavy (non-hydrogen) atoms. The first kappa shape index (κ1) is 23.6. The van der Waals surface area contributed by atoms with Crippen LogP contribution in [0.1, 0.15) is 24.8 Å². The Morgan fingerprint density at radius 3 is 2.58 bits per heavy atom.